The van der Waals surface area contributed by atoms with E-state index >= 15 is 0 Å². The Morgan fingerprint density at radius 2 is 2.00 bits per heavy atom. The second-order valence-electron chi connectivity index (χ2n) is 6.60. The first kappa shape index (κ1) is 18.8. The molecular formula is C19H27ClN2O2. The fraction of sp³-hybridized carbons (Fsp3) is 0.579. The molecule has 0 saturated heterocycles. The van der Waals surface area contributed by atoms with Crippen LogP contribution in [0.3, 0.4) is 0 Å². The Hall–Kier alpha value is -1.55. The lowest BCUT2D eigenvalue weighted by Gasteiger charge is -2.21. The van der Waals surface area contributed by atoms with Gasteiger partial charge < -0.3 is 10.2 Å². The zero-order chi connectivity index (χ0) is 17.5. The van der Waals surface area contributed by atoms with Gasteiger partial charge in [0.1, 0.15) is 0 Å². The quantitative estimate of drug-likeness (QED) is 0.792. The van der Waals surface area contributed by atoms with Gasteiger partial charge in [0.15, 0.2) is 0 Å². The van der Waals surface area contributed by atoms with E-state index in [1.807, 2.05) is 19.9 Å². The number of rotatable bonds is 7. The summed E-state index contributed by atoms with van der Waals surface area (Å²) < 4.78 is 0. The van der Waals surface area contributed by atoms with Gasteiger partial charge in [-0.05, 0) is 43.9 Å². The largest absolute Gasteiger partial charge is 0.334 e. The predicted molar refractivity (Wildman–Crippen MR) is 98.3 cm³/mol. The monoisotopic (exact) mass is 350 g/mol. The Kier molecular flexibility index (Phi) is 7.10. The van der Waals surface area contributed by atoms with Crippen molar-refractivity contribution in [1.29, 1.82) is 0 Å². The number of carbonyl (C=O) groups is 2. The van der Waals surface area contributed by atoms with E-state index in [0.29, 0.717) is 29.6 Å². The maximum absolute atomic E-state index is 12.4. The van der Waals surface area contributed by atoms with Crippen LogP contribution in [0.2, 0.25) is 5.02 Å². The second-order valence-corrected chi connectivity index (χ2v) is 7.04. The molecule has 2 rings (SSSR count). The Morgan fingerprint density at radius 1 is 1.29 bits per heavy atom. The summed E-state index contributed by atoms with van der Waals surface area (Å²) in [4.78, 5) is 26.3. The van der Waals surface area contributed by atoms with Gasteiger partial charge in [0.2, 0.25) is 11.8 Å². The van der Waals surface area contributed by atoms with Crippen molar-refractivity contribution in [3.05, 3.63) is 28.8 Å². The van der Waals surface area contributed by atoms with Crippen LogP contribution in [-0.4, -0.2) is 29.8 Å². The molecule has 1 aliphatic carbocycles. The first-order valence-electron chi connectivity index (χ1n) is 8.83. The van der Waals surface area contributed by atoms with Gasteiger partial charge in [-0.25, -0.2) is 0 Å². The summed E-state index contributed by atoms with van der Waals surface area (Å²) in [6.07, 6.45) is 6.56. The maximum Gasteiger partial charge on any atom is 0.244 e. The molecule has 1 saturated carbocycles. The van der Waals surface area contributed by atoms with Gasteiger partial charge in [0.25, 0.3) is 0 Å². The summed E-state index contributed by atoms with van der Waals surface area (Å²) in [5.41, 5.74) is 1.64. The molecule has 1 aliphatic rings. The highest BCUT2D eigenvalue weighted by molar-refractivity contribution is 6.31. The minimum Gasteiger partial charge on any atom is -0.334 e. The molecule has 0 spiro atoms. The molecule has 1 N–H and O–H groups in total. The van der Waals surface area contributed by atoms with E-state index in [2.05, 4.69) is 5.32 Å². The van der Waals surface area contributed by atoms with E-state index in [9.17, 15) is 9.59 Å². The molecule has 0 aromatic heterocycles. The minimum absolute atomic E-state index is 0.0716. The van der Waals surface area contributed by atoms with Crippen molar-refractivity contribution in [2.45, 2.75) is 52.4 Å². The SMILES string of the molecule is CCN(CC(=O)Nc1cc(Cl)ccc1C)C(=O)CCC1CCCC1. The fourth-order valence-electron chi connectivity index (χ4n) is 3.25. The van der Waals surface area contributed by atoms with E-state index in [-0.39, 0.29) is 18.4 Å². The molecule has 2 amide bonds. The summed E-state index contributed by atoms with van der Waals surface area (Å²) >= 11 is 5.97. The van der Waals surface area contributed by atoms with Crippen LogP contribution in [-0.2, 0) is 9.59 Å². The molecular weight excluding hydrogens is 324 g/mol. The van der Waals surface area contributed by atoms with Crippen LogP contribution < -0.4 is 5.32 Å². The number of nitrogens with one attached hydrogen (secondary N) is 1. The van der Waals surface area contributed by atoms with Crippen LogP contribution >= 0.6 is 11.6 Å². The minimum atomic E-state index is -0.184. The van der Waals surface area contributed by atoms with Gasteiger partial charge in [-0.2, -0.15) is 0 Å². The van der Waals surface area contributed by atoms with Crippen LogP contribution in [0.4, 0.5) is 5.69 Å². The summed E-state index contributed by atoms with van der Waals surface area (Å²) in [6.45, 7) is 4.46. The van der Waals surface area contributed by atoms with E-state index in [1.54, 1.807) is 17.0 Å². The highest BCUT2D eigenvalue weighted by atomic mass is 35.5. The summed E-state index contributed by atoms with van der Waals surface area (Å²) in [7, 11) is 0. The smallest absolute Gasteiger partial charge is 0.244 e. The van der Waals surface area contributed by atoms with Crippen LogP contribution in [0.5, 0.6) is 0 Å². The molecule has 1 aromatic rings. The van der Waals surface area contributed by atoms with Crippen LogP contribution in [0.15, 0.2) is 18.2 Å². The number of amides is 2. The molecule has 132 valence electrons. The molecule has 0 radical (unpaired) electrons. The first-order chi connectivity index (χ1) is 11.5. The lowest BCUT2D eigenvalue weighted by molar-refractivity contribution is -0.134. The molecule has 0 aliphatic heterocycles. The van der Waals surface area contributed by atoms with Crippen LogP contribution in [0.1, 0.15) is 51.0 Å². The van der Waals surface area contributed by atoms with Crippen molar-refractivity contribution in [1.82, 2.24) is 4.90 Å². The lowest BCUT2D eigenvalue weighted by atomic mass is 10.0. The Bertz CT molecular complexity index is 583. The third-order valence-corrected chi connectivity index (χ3v) is 5.02. The third kappa shape index (κ3) is 5.52. The highest BCUT2D eigenvalue weighted by Crippen LogP contribution is 2.28. The fourth-order valence-corrected chi connectivity index (χ4v) is 3.43. The van der Waals surface area contributed by atoms with Gasteiger partial charge in [0.05, 0.1) is 6.54 Å². The molecule has 5 heteroatoms. The molecule has 1 aromatic carbocycles. The Balaban J connectivity index is 1.85. The van der Waals surface area contributed by atoms with E-state index < -0.39 is 0 Å². The third-order valence-electron chi connectivity index (χ3n) is 4.78. The van der Waals surface area contributed by atoms with Gasteiger partial charge in [-0.1, -0.05) is 43.4 Å². The molecule has 24 heavy (non-hydrogen) atoms. The normalized spacial score (nSPS) is 14.6. The number of likely N-dealkylation sites (N-methyl/N-ethyl adjacent to an activating group) is 1. The number of hydrogen-bond acceptors (Lipinski definition) is 2. The van der Waals surface area contributed by atoms with Crippen molar-refractivity contribution in [2.24, 2.45) is 5.92 Å². The number of nitrogens with zero attached hydrogens (tertiary/aromatic N) is 1. The maximum atomic E-state index is 12.4. The van der Waals surface area contributed by atoms with Crippen LogP contribution in [0, 0.1) is 12.8 Å². The lowest BCUT2D eigenvalue weighted by Crippen LogP contribution is -2.38. The summed E-state index contributed by atoms with van der Waals surface area (Å²) in [5.74, 6) is 0.578. The van der Waals surface area contributed by atoms with E-state index in [4.69, 9.17) is 11.6 Å². The number of halogens is 1. The zero-order valence-corrected chi connectivity index (χ0v) is 15.4. The second kappa shape index (κ2) is 9.07. The van der Waals surface area contributed by atoms with Crippen molar-refractivity contribution in [2.75, 3.05) is 18.4 Å². The van der Waals surface area contributed by atoms with E-state index in [0.717, 1.165) is 12.0 Å². The molecule has 4 nitrogen and oxygen atoms in total. The number of anilines is 1. The van der Waals surface area contributed by atoms with Gasteiger partial charge >= 0.3 is 0 Å². The predicted octanol–water partition coefficient (Wildman–Crippen LogP) is 4.41. The summed E-state index contributed by atoms with van der Waals surface area (Å²) in [6, 6.07) is 5.38. The average molecular weight is 351 g/mol. The van der Waals surface area contributed by atoms with Gasteiger partial charge in [-0.15, -0.1) is 0 Å². The number of benzene rings is 1. The number of carbonyl (C=O) groups excluding carboxylic acids is 2. The van der Waals surface area contributed by atoms with Crippen molar-refractivity contribution in [3.8, 4) is 0 Å². The molecule has 1 fully saturated rings. The van der Waals surface area contributed by atoms with Gasteiger partial charge in [-0.3, -0.25) is 9.59 Å². The standard InChI is InChI=1S/C19H27ClN2O2/c1-3-22(19(24)11-9-15-6-4-5-7-15)13-18(23)21-17-12-16(20)10-8-14(17)2/h8,10,12,15H,3-7,9,11,13H2,1-2H3,(H,21,23). The molecule has 0 unspecified atom stereocenters. The molecule has 0 atom stereocenters. The number of hydrogen-bond donors (Lipinski definition) is 1. The van der Waals surface area contributed by atoms with Gasteiger partial charge in [0, 0.05) is 23.7 Å². The zero-order valence-electron chi connectivity index (χ0n) is 14.6. The Morgan fingerprint density at radius 3 is 2.67 bits per heavy atom. The highest BCUT2D eigenvalue weighted by Gasteiger charge is 2.20. The number of aryl methyl sites for hydroxylation is 1. The summed E-state index contributed by atoms with van der Waals surface area (Å²) in [5, 5.41) is 3.43. The molecule has 0 heterocycles. The van der Waals surface area contributed by atoms with Crippen molar-refractivity contribution >= 4 is 29.1 Å². The Labute approximate surface area is 149 Å². The van der Waals surface area contributed by atoms with Crippen molar-refractivity contribution in [3.63, 3.8) is 0 Å². The topological polar surface area (TPSA) is 49.4 Å². The van der Waals surface area contributed by atoms with Crippen molar-refractivity contribution < 1.29 is 9.59 Å². The molecule has 0 bridgehead atoms. The first-order valence-corrected chi connectivity index (χ1v) is 9.21. The van der Waals surface area contributed by atoms with Crippen LogP contribution in [0.25, 0.3) is 0 Å². The average Bonchev–Trinajstić information content (AvgIpc) is 3.07. The van der Waals surface area contributed by atoms with E-state index in [1.165, 1.54) is 25.7 Å².